The van der Waals surface area contributed by atoms with Gasteiger partial charge in [-0.2, -0.15) is 0 Å². The van der Waals surface area contributed by atoms with E-state index in [2.05, 4.69) is 0 Å². The summed E-state index contributed by atoms with van der Waals surface area (Å²) in [5.74, 6) is -0.272. The number of amides is 1. The summed E-state index contributed by atoms with van der Waals surface area (Å²) in [6, 6.07) is 0.387. The maximum absolute atomic E-state index is 10.3. The summed E-state index contributed by atoms with van der Waals surface area (Å²) in [6.45, 7) is 8.38. The van der Waals surface area contributed by atoms with Gasteiger partial charge in [-0.3, -0.25) is 9.69 Å². The normalized spacial score (nSPS) is 8.38. The minimum absolute atomic E-state index is 0.272. The average Bonchev–Trinajstić information content (AvgIpc) is 2.10. The Morgan fingerprint density at radius 3 is 1.85 bits per heavy atom. The molecule has 0 aromatic rings. The van der Waals surface area contributed by atoms with Crippen LogP contribution in [0.25, 0.3) is 0 Å². The second-order valence-electron chi connectivity index (χ2n) is 2.48. The lowest BCUT2D eigenvalue weighted by Crippen LogP contribution is -2.35. The van der Waals surface area contributed by atoms with Crippen LogP contribution in [0.2, 0.25) is 0 Å². The quantitative estimate of drug-likeness (QED) is 0.769. The van der Waals surface area contributed by atoms with Crippen molar-refractivity contribution in [3.63, 3.8) is 0 Å². The standard InChI is InChI=1S/C6H14N2O.C2H6.HIO/c1-5(2)8(3)4-6(7)9;2*1-2/h5H,4H2,1-3H3,(H2,7,9);1-2H3;2H. The lowest BCUT2D eigenvalue weighted by Gasteiger charge is -2.18. The Morgan fingerprint density at radius 2 is 1.77 bits per heavy atom. The molecule has 0 aromatic carbocycles. The topological polar surface area (TPSA) is 66.6 Å². The van der Waals surface area contributed by atoms with Crippen molar-refractivity contribution in [3.8, 4) is 0 Å². The minimum atomic E-state index is -0.272. The van der Waals surface area contributed by atoms with Crippen LogP contribution in [0.15, 0.2) is 0 Å². The van der Waals surface area contributed by atoms with Crippen LogP contribution < -0.4 is 5.73 Å². The molecule has 0 radical (unpaired) electrons. The number of primary amides is 1. The summed E-state index contributed by atoms with van der Waals surface area (Å²) in [7, 11) is 1.87. The maximum atomic E-state index is 10.3. The van der Waals surface area contributed by atoms with Gasteiger partial charge >= 0.3 is 0 Å². The van der Waals surface area contributed by atoms with Gasteiger partial charge in [0.05, 0.1) is 6.54 Å². The van der Waals surface area contributed by atoms with Gasteiger partial charge in [-0.15, -0.1) is 0 Å². The van der Waals surface area contributed by atoms with E-state index in [0.29, 0.717) is 12.6 Å². The Morgan fingerprint density at radius 1 is 1.46 bits per heavy atom. The zero-order chi connectivity index (χ0) is 11.4. The van der Waals surface area contributed by atoms with Gasteiger partial charge in [0.15, 0.2) is 0 Å². The molecule has 82 valence electrons. The fourth-order valence-electron chi connectivity index (χ4n) is 0.428. The summed E-state index contributed by atoms with van der Waals surface area (Å²) in [4.78, 5) is 12.2. The first-order chi connectivity index (χ1) is 6.04. The zero-order valence-electron chi connectivity index (χ0n) is 9.04. The van der Waals surface area contributed by atoms with E-state index in [-0.39, 0.29) is 5.91 Å². The summed E-state index contributed by atoms with van der Waals surface area (Å²) in [5, 5.41) is 0. The number of hydrogen-bond acceptors (Lipinski definition) is 3. The molecule has 5 heteroatoms. The van der Waals surface area contributed by atoms with E-state index in [1.165, 1.54) is 0 Å². The first kappa shape index (κ1) is 18.8. The SMILES string of the molecule is CC.CC(C)N(C)CC(N)=O.OI. The highest BCUT2D eigenvalue weighted by Gasteiger charge is 2.04. The highest BCUT2D eigenvalue weighted by atomic mass is 127. The Kier molecular flexibility index (Phi) is 21.2. The van der Waals surface area contributed by atoms with Crippen molar-refractivity contribution in [2.75, 3.05) is 13.6 Å². The third kappa shape index (κ3) is 18.8. The fourth-order valence-corrected chi connectivity index (χ4v) is 0.428. The molecule has 0 aliphatic rings. The Hall–Kier alpha value is 0.120. The molecule has 0 heterocycles. The average molecular weight is 304 g/mol. The number of carbonyl (C=O) groups excluding carboxylic acids is 1. The molecule has 0 saturated heterocycles. The Balaban J connectivity index is -0.000000218. The number of rotatable bonds is 3. The van der Waals surface area contributed by atoms with Gasteiger partial charge in [0, 0.05) is 6.04 Å². The van der Waals surface area contributed by atoms with Crippen LogP contribution in [0.4, 0.5) is 0 Å². The van der Waals surface area contributed by atoms with Crippen molar-refractivity contribution in [3.05, 3.63) is 0 Å². The molecular formula is C8H21IN2O2. The van der Waals surface area contributed by atoms with E-state index >= 15 is 0 Å². The molecule has 0 bridgehead atoms. The van der Waals surface area contributed by atoms with Crippen molar-refractivity contribution in [2.45, 2.75) is 33.7 Å². The Bertz CT molecular complexity index is 110. The van der Waals surface area contributed by atoms with Crippen LogP contribution in [0.3, 0.4) is 0 Å². The first-order valence-corrected chi connectivity index (χ1v) is 5.16. The van der Waals surface area contributed by atoms with Crippen molar-refractivity contribution in [2.24, 2.45) is 5.73 Å². The molecule has 0 saturated carbocycles. The van der Waals surface area contributed by atoms with Crippen LogP contribution in [0.5, 0.6) is 0 Å². The minimum Gasteiger partial charge on any atom is -0.369 e. The van der Waals surface area contributed by atoms with Crippen LogP contribution in [-0.2, 0) is 4.79 Å². The number of hydrogen-bond donors (Lipinski definition) is 2. The molecule has 0 aromatic heterocycles. The highest BCUT2D eigenvalue weighted by Crippen LogP contribution is 1.90. The maximum Gasteiger partial charge on any atom is 0.231 e. The summed E-state index contributed by atoms with van der Waals surface area (Å²) in [6.07, 6.45) is 0. The van der Waals surface area contributed by atoms with Crippen LogP contribution in [-0.4, -0.2) is 33.9 Å². The Labute approximate surface area is 95.2 Å². The molecule has 13 heavy (non-hydrogen) atoms. The predicted molar refractivity (Wildman–Crippen MR) is 64.5 cm³/mol. The fraction of sp³-hybridized carbons (Fsp3) is 0.875. The molecule has 0 fully saturated rings. The number of carbonyl (C=O) groups is 1. The highest BCUT2D eigenvalue weighted by molar-refractivity contribution is 14.1. The van der Waals surface area contributed by atoms with Gasteiger partial charge in [0.2, 0.25) is 5.91 Å². The van der Waals surface area contributed by atoms with E-state index in [0.717, 1.165) is 23.0 Å². The zero-order valence-corrected chi connectivity index (χ0v) is 11.2. The number of likely N-dealkylation sites (N-methyl/N-ethyl adjacent to an activating group) is 1. The van der Waals surface area contributed by atoms with E-state index in [4.69, 9.17) is 9.17 Å². The van der Waals surface area contributed by atoms with E-state index in [9.17, 15) is 4.79 Å². The van der Waals surface area contributed by atoms with Crippen LogP contribution >= 0.6 is 23.0 Å². The van der Waals surface area contributed by atoms with E-state index in [1.807, 2.05) is 39.6 Å². The lowest BCUT2D eigenvalue weighted by molar-refractivity contribution is -0.119. The van der Waals surface area contributed by atoms with E-state index in [1.54, 1.807) is 0 Å². The molecule has 0 spiro atoms. The molecule has 0 rings (SSSR count). The van der Waals surface area contributed by atoms with Crippen molar-refractivity contribution >= 4 is 28.9 Å². The third-order valence-corrected chi connectivity index (χ3v) is 1.29. The van der Waals surface area contributed by atoms with Gasteiger partial charge in [-0.05, 0) is 20.9 Å². The molecule has 0 aliphatic heterocycles. The van der Waals surface area contributed by atoms with Gasteiger partial charge in [-0.1, -0.05) is 13.8 Å². The van der Waals surface area contributed by atoms with Crippen molar-refractivity contribution in [1.29, 1.82) is 0 Å². The van der Waals surface area contributed by atoms with Crippen molar-refractivity contribution < 1.29 is 8.23 Å². The summed E-state index contributed by atoms with van der Waals surface area (Å²) < 4.78 is 6.97. The lowest BCUT2D eigenvalue weighted by atomic mass is 10.3. The molecule has 3 N–H and O–H groups in total. The number of nitrogens with two attached hydrogens (primary N) is 1. The van der Waals surface area contributed by atoms with Gasteiger partial charge < -0.3 is 9.17 Å². The van der Waals surface area contributed by atoms with Gasteiger partial charge in [-0.25, -0.2) is 0 Å². The van der Waals surface area contributed by atoms with E-state index < -0.39 is 0 Å². The summed E-state index contributed by atoms with van der Waals surface area (Å²) >= 11 is 1.15. The van der Waals surface area contributed by atoms with Gasteiger partial charge in [0.1, 0.15) is 23.0 Å². The molecular weight excluding hydrogens is 283 g/mol. The molecule has 0 atom stereocenters. The second-order valence-corrected chi connectivity index (χ2v) is 2.48. The van der Waals surface area contributed by atoms with Crippen LogP contribution in [0, 0.1) is 0 Å². The molecule has 0 aliphatic carbocycles. The predicted octanol–water partition coefficient (Wildman–Crippen LogP) is 1.17. The van der Waals surface area contributed by atoms with Crippen molar-refractivity contribution in [1.82, 2.24) is 4.90 Å². The molecule has 4 nitrogen and oxygen atoms in total. The number of nitrogens with zero attached hydrogens (tertiary/aromatic N) is 1. The molecule has 0 unspecified atom stereocenters. The summed E-state index contributed by atoms with van der Waals surface area (Å²) in [5.41, 5.74) is 4.95. The smallest absolute Gasteiger partial charge is 0.231 e. The largest absolute Gasteiger partial charge is 0.369 e. The molecule has 1 amide bonds. The monoisotopic (exact) mass is 304 g/mol. The number of halogens is 1. The second kappa shape index (κ2) is 14.6. The first-order valence-electron chi connectivity index (χ1n) is 4.19. The third-order valence-electron chi connectivity index (χ3n) is 1.29. The van der Waals surface area contributed by atoms with Crippen LogP contribution in [0.1, 0.15) is 27.7 Å². The van der Waals surface area contributed by atoms with Gasteiger partial charge in [0.25, 0.3) is 0 Å².